The lowest BCUT2D eigenvalue weighted by molar-refractivity contribution is -0.143. The molecule has 0 bridgehead atoms. The van der Waals surface area contributed by atoms with Crippen LogP contribution in [0.1, 0.15) is 65.5 Å². The van der Waals surface area contributed by atoms with Gasteiger partial charge in [0, 0.05) is 35.6 Å². The summed E-state index contributed by atoms with van der Waals surface area (Å²) in [5, 5.41) is 13.5. The van der Waals surface area contributed by atoms with Crippen LogP contribution in [0.25, 0.3) is 0 Å². The molecule has 0 saturated carbocycles. The lowest BCUT2D eigenvalue weighted by Gasteiger charge is -2.26. The minimum atomic E-state index is -0.276. The average molecular weight is 426 g/mol. The van der Waals surface area contributed by atoms with Crippen molar-refractivity contribution in [3.63, 3.8) is 0 Å². The number of carbonyl (C=O) groups is 2. The molecular formula is C24H31N3O4. The average Bonchev–Trinajstić information content (AvgIpc) is 3.41. The third-order valence-corrected chi connectivity index (χ3v) is 6.36. The first-order valence-corrected chi connectivity index (χ1v) is 11.3. The zero-order valence-electron chi connectivity index (χ0n) is 18.4. The Labute approximate surface area is 183 Å². The second-order valence-corrected chi connectivity index (χ2v) is 8.31. The Bertz CT molecular complexity index is 958. The smallest absolute Gasteiger partial charge is 0.325 e. The van der Waals surface area contributed by atoms with E-state index in [1.165, 1.54) is 5.17 Å². The number of nitrogens with zero attached hydrogens (tertiary/aromatic N) is 3. The number of hydrogen-bond donors (Lipinski definition) is 1. The molecule has 1 aromatic carbocycles. The Kier molecular flexibility index (Phi) is 6.43. The molecule has 1 fully saturated rings. The highest BCUT2D eigenvalue weighted by Gasteiger charge is 2.28. The van der Waals surface area contributed by atoms with Gasteiger partial charge in [-0.15, -0.1) is 0 Å². The van der Waals surface area contributed by atoms with Crippen molar-refractivity contribution in [3.05, 3.63) is 52.3 Å². The number of hydrazine groups is 1. The summed E-state index contributed by atoms with van der Waals surface area (Å²) in [4.78, 5) is 25.6. The fraction of sp³-hybridized carbons (Fsp3) is 0.500. The summed E-state index contributed by atoms with van der Waals surface area (Å²) in [7, 11) is 0. The number of aromatic nitrogens is 1. The van der Waals surface area contributed by atoms with Crippen molar-refractivity contribution >= 4 is 17.4 Å². The molecule has 1 N–H and O–H groups in total. The SMILES string of the molecule is CCOC(=O)Cn1c(C)c(C(=O)c2ccc(N(O)N3CCCC3)cc2)c2c1CCCC2. The van der Waals surface area contributed by atoms with E-state index in [1.54, 1.807) is 31.2 Å². The maximum absolute atomic E-state index is 13.5. The number of ether oxygens (including phenoxy) is 1. The van der Waals surface area contributed by atoms with Gasteiger partial charge in [0.05, 0.1) is 12.3 Å². The molecule has 0 unspecified atom stereocenters. The van der Waals surface area contributed by atoms with Gasteiger partial charge in [-0.2, -0.15) is 10.2 Å². The van der Waals surface area contributed by atoms with Gasteiger partial charge in [0.15, 0.2) is 5.78 Å². The number of benzene rings is 1. The van der Waals surface area contributed by atoms with E-state index in [1.807, 2.05) is 16.5 Å². The van der Waals surface area contributed by atoms with Crippen LogP contribution in [0.15, 0.2) is 24.3 Å². The van der Waals surface area contributed by atoms with E-state index in [2.05, 4.69) is 0 Å². The highest BCUT2D eigenvalue weighted by atomic mass is 16.5. The highest BCUT2D eigenvalue weighted by Crippen LogP contribution is 2.32. The molecule has 0 spiro atoms. The minimum absolute atomic E-state index is 0.0320. The molecule has 1 saturated heterocycles. The molecule has 7 nitrogen and oxygen atoms in total. The van der Waals surface area contributed by atoms with Crippen LogP contribution in [-0.4, -0.2) is 46.2 Å². The maximum Gasteiger partial charge on any atom is 0.325 e. The first kappa shape index (κ1) is 21.6. The monoisotopic (exact) mass is 425 g/mol. The van der Waals surface area contributed by atoms with Gasteiger partial charge in [0.2, 0.25) is 0 Å². The van der Waals surface area contributed by atoms with Crippen LogP contribution in [0, 0.1) is 6.92 Å². The Balaban J connectivity index is 1.62. The Morgan fingerprint density at radius 3 is 2.42 bits per heavy atom. The molecular weight excluding hydrogens is 394 g/mol. The normalized spacial score (nSPS) is 16.2. The summed E-state index contributed by atoms with van der Waals surface area (Å²) in [5.74, 6) is -0.308. The van der Waals surface area contributed by atoms with Gasteiger partial charge in [-0.25, -0.2) is 0 Å². The zero-order valence-corrected chi connectivity index (χ0v) is 18.4. The molecule has 0 amide bonds. The van der Waals surface area contributed by atoms with Crippen molar-refractivity contribution < 1.29 is 19.5 Å². The van der Waals surface area contributed by atoms with Crippen molar-refractivity contribution in [1.82, 2.24) is 9.58 Å². The van der Waals surface area contributed by atoms with E-state index >= 15 is 0 Å². The van der Waals surface area contributed by atoms with Crippen molar-refractivity contribution in [2.75, 3.05) is 24.9 Å². The summed E-state index contributed by atoms with van der Waals surface area (Å²) in [6, 6.07) is 7.11. The van der Waals surface area contributed by atoms with Crippen LogP contribution in [-0.2, 0) is 28.9 Å². The molecule has 2 aromatic rings. The van der Waals surface area contributed by atoms with Crippen LogP contribution in [0.5, 0.6) is 0 Å². The molecule has 4 rings (SSSR count). The molecule has 31 heavy (non-hydrogen) atoms. The standard InChI is InChI=1S/C24H31N3O4/c1-3-31-22(28)16-26-17(2)23(20-8-4-5-9-21(20)26)24(29)18-10-12-19(13-11-18)27(30)25-14-6-7-15-25/h10-13,30H,3-9,14-16H2,1-2H3. The van der Waals surface area contributed by atoms with E-state index in [9.17, 15) is 14.8 Å². The van der Waals surface area contributed by atoms with E-state index in [-0.39, 0.29) is 18.3 Å². The zero-order chi connectivity index (χ0) is 22.0. The van der Waals surface area contributed by atoms with Gasteiger partial charge >= 0.3 is 5.97 Å². The largest absolute Gasteiger partial charge is 0.465 e. The van der Waals surface area contributed by atoms with Gasteiger partial charge in [-0.05, 0) is 82.2 Å². The van der Waals surface area contributed by atoms with Gasteiger partial charge in [-0.3, -0.25) is 14.8 Å². The Morgan fingerprint density at radius 2 is 1.74 bits per heavy atom. The molecule has 1 aliphatic carbocycles. The molecule has 1 aliphatic heterocycles. The molecule has 1 aromatic heterocycles. The summed E-state index contributed by atoms with van der Waals surface area (Å²) in [6.45, 7) is 5.86. The van der Waals surface area contributed by atoms with E-state index in [4.69, 9.17) is 4.74 Å². The molecule has 0 radical (unpaired) electrons. The Hall–Kier alpha value is -2.64. The van der Waals surface area contributed by atoms with Gasteiger partial charge in [0.1, 0.15) is 6.54 Å². The molecule has 7 heteroatoms. The minimum Gasteiger partial charge on any atom is -0.465 e. The van der Waals surface area contributed by atoms with Crippen LogP contribution in [0.2, 0.25) is 0 Å². The van der Waals surface area contributed by atoms with Crippen LogP contribution < -0.4 is 5.17 Å². The summed E-state index contributed by atoms with van der Waals surface area (Å²) in [5.41, 5.74) is 4.94. The van der Waals surface area contributed by atoms with Crippen LogP contribution in [0.3, 0.4) is 0 Å². The predicted octanol–water partition coefficient (Wildman–Crippen LogP) is 3.68. The lowest BCUT2D eigenvalue weighted by Crippen LogP contribution is -2.38. The fourth-order valence-electron chi connectivity index (χ4n) is 4.81. The topological polar surface area (TPSA) is 75.0 Å². The number of ketones is 1. The molecule has 2 heterocycles. The summed E-state index contributed by atoms with van der Waals surface area (Å²) >= 11 is 0. The molecule has 166 valence electrons. The lowest BCUT2D eigenvalue weighted by atomic mass is 9.91. The number of fused-ring (bicyclic) bond motifs is 1. The predicted molar refractivity (Wildman–Crippen MR) is 117 cm³/mol. The second-order valence-electron chi connectivity index (χ2n) is 8.31. The van der Waals surface area contributed by atoms with E-state index in [0.29, 0.717) is 23.4 Å². The van der Waals surface area contributed by atoms with Gasteiger partial charge in [0.25, 0.3) is 0 Å². The van der Waals surface area contributed by atoms with Crippen molar-refractivity contribution in [2.45, 2.75) is 58.9 Å². The van der Waals surface area contributed by atoms with Crippen molar-refractivity contribution in [3.8, 4) is 0 Å². The quantitative estimate of drug-likeness (QED) is 0.414. The summed E-state index contributed by atoms with van der Waals surface area (Å²) in [6.07, 6.45) is 5.97. The number of hydrogen-bond acceptors (Lipinski definition) is 6. The number of carbonyl (C=O) groups excluding carboxylic acids is 2. The van der Waals surface area contributed by atoms with Crippen molar-refractivity contribution in [1.29, 1.82) is 0 Å². The first-order chi connectivity index (χ1) is 15.0. The first-order valence-electron chi connectivity index (χ1n) is 11.3. The van der Waals surface area contributed by atoms with Gasteiger partial charge < -0.3 is 9.30 Å². The van der Waals surface area contributed by atoms with E-state index < -0.39 is 0 Å². The van der Waals surface area contributed by atoms with Crippen molar-refractivity contribution in [2.24, 2.45) is 0 Å². The summed E-state index contributed by atoms with van der Waals surface area (Å²) < 4.78 is 7.12. The van der Waals surface area contributed by atoms with Crippen LogP contribution in [0.4, 0.5) is 5.69 Å². The fourth-order valence-corrected chi connectivity index (χ4v) is 4.81. The number of rotatable bonds is 7. The third kappa shape index (κ3) is 4.25. The molecule has 2 aliphatic rings. The van der Waals surface area contributed by atoms with Crippen LogP contribution >= 0.6 is 0 Å². The second kappa shape index (κ2) is 9.24. The third-order valence-electron chi connectivity index (χ3n) is 6.36. The highest BCUT2D eigenvalue weighted by molar-refractivity contribution is 6.11. The number of anilines is 1. The van der Waals surface area contributed by atoms with Gasteiger partial charge in [-0.1, -0.05) is 0 Å². The number of esters is 1. The maximum atomic E-state index is 13.5. The molecule has 0 atom stereocenters. The van der Waals surface area contributed by atoms with E-state index in [0.717, 1.165) is 68.6 Å². The Morgan fingerprint density at radius 1 is 1.06 bits per heavy atom.